The van der Waals surface area contributed by atoms with E-state index in [2.05, 4.69) is 35.0 Å². The predicted octanol–water partition coefficient (Wildman–Crippen LogP) is -0.0961. The molecule has 0 bridgehead atoms. The van der Waals surface area contributed by atoms with Crippen LogP contribution in [0.2, 0.25) is 0 Å². The average Bonchev–Trinajstić information content (AvgIpc) is 2.65. The molecule has 8 nitrogen and oxygen atoms in total. The highest BCUT2D eigenvalue weighted by Crippen LogP contribution is 1.92. The molecule has 0 aliphatic carbocycles. The third-order valence-corrected chi connectivity index (χ3v) is 2.55. The second-order valence-electron chi connectivity index (χ2n) is 4.89. The first-order valence-electron chi connectivity index (χ1n) is 8.36. The van der Waals surface area contributed by atoms with Crippen LogP contribution in [-0.4, -0.2) is 49.7 Å². The Balaban J connectivity index is 0. The summed E-state index contributed by atoms with van der Waals surface area (Å²) in [6.07, 6.45) is 0. The lowest BCUT2D eigenvalue weighted by atomic mass is 10.2. The van der Waals surface area contributed by atoms with E-state index in [-0.39, 0.29) is 32.0 Å². The lowest BCUT2D eigenvalue weighted by molar-refractivity contribution is -0.128. The number of hydrogen-bond donors (Lipinski definition) is 4. The number of carbonyl (C=O) groups excluding carboxylic acids is 4. The Kier molecular flexibility index (Phi) is 16.8. The number of Topliss-reactive ketones (excluding diaryl/α,β-unsaturated/α-hetero) is 1. The van der Waals surface area contributed by atoms with Crippen molar-refractivity contribution in [3.63, 3.8) is 0 Å². The van der Waals surface area contributed by atoms with Gasteiger partial charge in [0.15, 0.2) is 0 Å². The molecular weight excluding hydrogens is 336 g/mol. The van der Waals surface area contributed by atoms with Gasteiger partial charge in [0, 0.05) is 0 Å². The molecule has 146 valence electrons. The van der Waals surface area contributed by atoms with E-state index in [1.165, 1.54) is 12.5 Å². The predicted molar refractivity (Wildman–Crippen MR) is 101 cm³/mol. The summed E-state index contributed by atoms with van der Waals surface area (Å²) in [4.78, 5) is 43.4. The molecule has 0 spiro atoms. The van der Waals surface area contributed by atoms with Gasteiger partial charge < -0.3 is 21.7 Å². The molecule has 0 aromatic heterocycles. The van der Waals surface area contributed by atoms with Crippen molar-refractivity contribution in [1.29, 1.82) is 0 Å². The normalized spacial score (nSPS) is 8.65. The maximum absolute atomic E-state index is 11.1. The van der Waals surface area contributed by atoms with Gasteiger partial charge in [-0.2, -0.15) is 0 Å². The molecule has 0 aliphatic heterocycles. The second-order valence-corrected chi connectivity index (χ2v) is 4.89. The molecular formula is C18H30N4O4. The van der Waals surface area contributed by atoms with Gasteiger partial charge in [0.1, 0.15) is 5.78 Å². The first-order chi connectivity index (χ1) is 12.3. The molecule has 0 unspecified atom stereocenters. The topological polar surface area (TPSA) is 130 Å². The van der Waals surface area contributed by atoms with Crippen LogP contribution in [0, 0.1) is 6.92 Å². The van der Waals surface area contributed by atoms with Crippen molar-refractivity contribution in [2.75, 3.05) is 26.2 Å². The first kappa shape index (κ1) is 25.5. The van der Waals surface area contributed by atoms with Crippen LogP contribution < -0.4 is 21.7 Å². The van der Waals surface area contributed by atoms with Gasteiger partial charge in [0.25, 0.3) is 0 Å². The molecule has 26 heavy (non-hydrogen) atoms. The summed E-state index contributed by atoms with van der Waals surface area (Å²) in [5.74, 6) is -1.62. The minimum atomic E-state index is -0.509. The Labute approximate surface area is 154 Å². The van der Waals surface area contributed by atoms with Crippen LogP contribution in [0.5, 0.6) is 0 Å². The maximum Gasteiger partial charge on any atom is 0.239 e. The van der Waals surface area contributed by atoms with Crippen molar-refractivity contribution in [1.82, 2.24) is 16.0 Å². The van der Waals surface area contributed by atoms with Gasteiger partial charge in [0.05, 0.1) is 26.2 Å². The summed E-state index contributed by atoms with van der Waals surface area (Å²) in [5, 5.41) is 6.82. The Morgan fingerprint density at radius 1 is 0.808 bits per heavy atom. The van der Waals surface area contributed by atoms with Crippen LogP contribution >= 0.6 is 0 Å². The zero-order valence-corrected chi connectivity index (χ0v) is 15.9. The van der Waals surface area contributed by atoms with Crippen molar-refractivity contribution in [2.45, 2.75) is 27.7 Å². The zero-order chi connectivity index (χ0) is 20.4. The molecule has 0 saturated heterocycles. The largest absolute Gasteiger partial charge is 0.348 e. The summed E-state index contributed by atoms with van der Waals surface area (Å²) in [7, 11) is 0. The maximum atomic E-state index is 11.1. The van der Waals surface area contributed by atoms with Gasteiger partial charge in [-0.05, 0) is 13.8 Å². The highest BCUT2D eigenvalue weighted by molar-refractivity contribution is 5.90. The fourth-order valence-electron chi connectivity index (χ4n) is 1.31. The molecule has 0 aliphatic rings. The molecule has 0 saturated carbocycles. The van der Waals surface area contributed by atoms with Gasteiger partial charge in [0.2, 0.25) is 17.7 Å². The highest BCUT2D eigenvalue weighted by atomic mass is 16.2. The fourth-order valence-corrected chi connectivity index (χ4v) is 1.31. The van der Waals surface area contributed by atoms with Crippen LogP contribution in [0.1, 0.15) is 26.3 Å². The standard InChI is InChI=1S/C9H16N4O4.C7H8.C2H6/c1-6(14)3-11-8(16)5-13-9(17)4-12-7(15)2-10;1-7-5-3-2-4-6-7;1-2/h2-5,10H2,1H3,(H,11,16)(H,12,15)(H,13,17);2-6H,1H3;1-2H3. The average molecular weight is 366 g/mol. The summed E-state index contributed by atoms with van der Waals surface area (Å²) < 4.78 is 0. The van der Waals surface area contributed by atoms with E-state index >= 15 is 0 Å². The Bertz CT molecular complexity index is 547. The van der Waals surface area contributed by atoms with E-state index in [0.717, 1.165) is 0 Å². The van der Waals surface area contributed by atoms with Crippen molar-refractivity contribution in [2.24, 2.45) is 5.73 Å². The lowest BCUT2D eigenvalue weighted by Gasteiger charge is -2.06. The van der Waals surface area contributed by atoms with Gasteiger partial charge in [-0.25, -0.2) is 0 Å². The van der Waals surface area contributed by atoms with Crippen LogP contribution in [0.4, 0.5) is 0 Å². The number of rotatable bonds is 7. The smallest absolute Gasteiger partial charge is 0.239 e. The molecule has 0 radical (unpaired) electrons. The molecule has 1 aromatic carbocycles. The van der Waals surface area contributed by atoms with Gasteiger partial charge >= 0.3 is 0 Å². The van der Waals surface area contributed by atoms with E-state index in [1.807, 2.05) is 32.0 Å². The molecule has 5 N–H and O–H groups in total. The Morgan fingerprint density at radius 2 is 1.23 bits per heavy atom. The van der Waals surface area contributed by atoms with E-state index < -0.39 is 17.7 Å². The van der Waals surface area contributed by atoms with Crippen molar-refractivity contribution >= 4 is 23.5 Å². The monoisotopic (exact) mass is 366 g/mol. The van der Waals surface area contributed by atoms with Crippen molar-refractivity contribution in [3.05, 3.63) is 35.9 Å². The van der Waals surface area contributed by atoms with Gasteiger partial charge in [-0.15, -0.1) is 0 Å². The SMILES string of the molecule is CC.CC(=O)CNC(=O)CNC(=O)CNC(=O)CN.Cc1ccccc1. The molecule has 0 atom stereocenters. The molecule has 0 fully saturated rings. The second kappa shape index (κ2) is 17.1. The highest BCUT2D eigenvalue weighted by Gasteiger charge is 2.06. The molecule has 1 rings (SSSR count). The number of nitrogens with one attached hydrogen (secondary N) is 3. The Hall–Kier alpha value is -2.74. The van der Waals surface area contributed by atoms with Gasteiger partial charge in [-0.3, -0.25) is 19.2 Å². The summed E-state index contributed by atoms with van der Waals surface area (Å²) >= 11 is 0. The third-order valence-electron chi connectivity index (χ3n) is 2.55. The molecule has 8 heteroatoms. The zero-order valence-electron chi connectivity index (χ0n) is 15.9. The molecule has 3 amide bonds. The van der Waals surface area contributed by atoms with E-state index in [4.69, 9.17) is 5.73 Å². The van der Waals surface area contributed by atoms with Gasteiger partial charge in [-0.1, -0.05) is 49.7 Å². The van der Waals surface area contributed by atoms with Crippen LogP contribution in [0.3, 0.4) is 0 Å². The fraction of sp³-hybridized carbons (Fsp3) is 0.444. The minimum absolute atomic E-state index is 0.0708. The summed E-state index contributed by atoms with van der Waals surface area (Å²) in [6.45, 7) is 6.66. The quantitative estimate of drug-likeness (QED) is 0.535. The van der Waals surface area contributed by atoms with Crippen LogP contribution in [0.25, 0.3) is 0 Å². The van der Waals surface area contributed by atoms with E-state index in [9.17, 15) is 19.2 Å². The number of aryl methyl sites for hydroxylation is 1. The number of nitrogens with two attached hydrogens (primary N) is 1. The van der Waals surface area contributed by atoms with Crippen LogP contribution in [-0.2, 0) is 19.2 Å². The summed E-state index contributed by atoms with van der Waals surface area (Å²) in [5.41, 5.74) is 6.33. The summed E-state index contributed by atoms with van der Waals surface area (Å²) in [6, 6.07) is 10.3. The third kappa shape index (κ3) is 17.6. The first-order valence-corrected chi connectivity index (χ1v) is 8.36. The van der Waals surface area contributed by atoms with E-state index in [1.54, 1.807) is 0 Å². The van der Waals surface area contributed by atoms with Crippen molar-refractivity contribution < 1.29 is 19.2 Å². The molecule has 0 heterocycles. The number of ketones is 1. The number of hydrogen-bond acceptors (Lipinski definition) is 5. The number of amides is 3. The lowest BCUT2D eigenvalue weighted by Crippen LogP contribution is -2.43. The van der Waals surface area contributed by atoms with Crippen molar-refractivity contribution in [3.8, 4) is 0 Å². The van der Waals surface area contributed by atoms with E-state index in [0.29, 0.717) is 0 Å². The Morgan fingerprint density at radius 3 is 1.58 bits per heavy atom. The number of carbonyl (C=O) groups is 4. The minimum Gasteiger partial charge on any atom is -0.348 e. The molecule has 1 aromatic rings. The van der Waals surface area contributed by atoms with Crippen LogP contribution in [0.15, 0.2) is 30.3 Å². The number of benzene rings is 1.